The number of thiophene rings is 1. The molecule has 0 radical (unpaired) electrons. The predicted octanol–water partition coefficient (Wildman–Crippen LogP) is 8.44. The number of nitrogens with one attached hydrogen (secondary N) is 4. The molecule has 5 aromatic rings. The van der Waals surface area contributed by atoms with Gasteiger partial charge < -0.3 is 55.6 Å². The van der Waals surface area contributed by atoms with Crippen LogP contribution in [-0.4, -0.2) is 163 Å². The summed E-state index contributed by atoms with van der Waals surface area (Å²) in [6, 6.07) is 16.3. The third kappa shape index (κ3) is 16.7. The number of alkyl halides is 1. The second-order valence-electron chi connectivity index (χ2n) is 22.5. The van der Waals surface area contributed by atoms with E-state index in [4.69, 9.17) is 31.5 Å². The number of carbonyl (C=O) groups excluding carboxylic acids is 9. The largest absolute Gasteiger partial charge is 0.492 e. The van der Waals surface area contributed by atoms with Crippen LogP contribution in [0.25, 0.3) is 21.0 Å². The standard InChI is InChI=1S/C62H77ClN10O12S/c1-38(2)56(68-52(75)13-7-6-8-25-72-53(76)20-21-54(72)77)50(74)33-41(12-11-22-65-60(64)80)58(78)66-44-16-14-40(15-17-44)37-84-61(81)69(4)26-27-70(5)62(82)85-51-34-49-55(57-46(51)30-39(3)86-57)43(35-63)36-73(49)59(79)48-32-42-31-45(18-19-47(42)67-48)83-29-28-71-23-9-10-24-71/h14-21,30-32,34,38,41,43,56,67H,6-13,22-29,33,35-37H2,1-5H3,(H,66,78)(H,68,75)(H3,64,65,80)/t41-,43+,56+/m1/s1. The van der Waals surface area contributed by atoms with Crippen molar-refractivity contribution in [1.29, 1.82) is 0 Å². The zero-order valence-electron chi connectivity index (χ0n) is 49.4. The van der Waals surface area contributed by atoms with Crippen LogP contribution >= 0.6 is 22.9 Å². The first kappa shape index (κ1) is 64.0. The highest BCUT2D eigenvalue weighted by atomic mass is 35.5. The Hall–Kier alpha value is -8.02. The van der Waals surface area contributed by atoms with Gasteiger partial charge in [-0.1, -0.05) is 32.4 Å². The maximum atomic E-state index is 14.4. The van der Waals surface area contributed by atoms with Crippen LogP contribution in [0.2, 0.25) is 0 Å². The number of imide groups is 1. The number of nitrogens with two attached hydrogens (primary N) is 1. The number of urea groups is 1. The molecular formula is C62H77ClN10O12S. The third-order valence-electron chi connectivity index (χ3n) is 15.7. The topological polar surface area (TPSA) is 275 Å². The molecule has 0 spiro atoms. The minimum absolute atomic E-state index is 0.0931. The SMILES string of the molecule is Cc1cc2c(OC(=O)N(C)CCN(C)C(=O)OCc3ccc(NC(=O)[C@H](CCCNC(N)=O)CC(=O)[C@@H](NC(=O)CCCCCN4C(=O)C=CC4=O)C(C)C)cc3)cc3c(c2s1)[C@@H](CCl)CN3C(=O)c1cc2cc(OCCN3CCCC3)ccc2[nH]1. The molecule has 1 saturated heterocycles. The Morgan fingerprint density at radius 2 is 1.59 bits per heavy atom. The molecule has 9 amide bonds. The summed E-state index contributed by atoms with van der Waals surface area (Å²) in [5.74, 6) is -2.05. The monoisotopic (exact) mass is 1220 g/mol. The van der Waals surface area contributed by atoms with Crippen molar-refractivity contribution in [3.8, 4) is 11.5 Å². The highest BCUT2D eigenvalue weighted by molar-refractivity contribution is 7.19. The third-order valence-corrected chi connectivity index (χ3v) is 17.1. The molecule has 3 aromatic carbocycles. The zero-order valence-corrected chi connectivity index (χ0v) is 51.0. The van der Waals surface area contributed by atoms with Gasteiger partial charge in [-0.3, -0.25) is 38.6 Å². The molecule has 5 heterocycles. The predicted molar refractivity (Wildman–Crippen MR) is 329 cm³/mol. The molecule has 3 aliphatic rings. The van der Waals surface area contributed by atoms with Crippen LogP contribution in [0.3, 0.4) is 0 Å². The Bertz CT molecular complexity index is 3320. The van der Waals surface area contributed by atoms with Gasteiger partial charge in [-0.15, -0.1) is 22.9 Å². The van der Waals surface area contributed by atoms with Crippen LogP contribution in [0.4, 0.5) is 25.8 Å². The number of ketones is 1. The average molecular weight is 1220 g/mol. The highest BCUT2D eigenvalue weighted by Gasteiger charge is 2.37. The van der Waals surface area contributed by atoms with Gasteiger partial charge in [-0.05, 0) is 112 Å². The van der Waals surface area contributed by atoms with Gasteiger partial charge in [-0.25, -0.2) is 14.4 Å². The summed E-state index contributed by atoms with van der Waals surface area (Å²) in [6.07, 6.45) is 5.68. The number of nitrogens with zero attached hydrogens (tertiary/aromatic N) is 5. The molecule has 3 aliphatic heterocycles. The van der Waals surface area contributed by atoms with E-state index in [-0.39, 0.29) is 105 Å². The summed E-state index contributed by atoms with van der Waals surface area (Å²) in [5, 5.41) is 9.77. The van der Waals surface area contributed by atoms with Gasteiger partial charge in [0.1, 0.15) is 30.4 Å². The number of fused-ring (bicyclic) bond motifs is 4. The van der Waals surface area contributed by atoms with Crippen LogP contribution < -0.4 is 36.1 Å². The number of aromatic amines is 1. The van der Waals surface area contributed by atoms with Crippen LogP contribution in [0, 0.1) is 18.8 Å². The summed E-state index contributed by atoms with van der Waals surface area (Å²) in [5.41, 5.74) is 9.02. The molecule has 0 bridgehead atoms. The molecule has 0 aliphatic carbocycles. The molecule has 0 saturated carbocycles. The number of H-pyrrole nitrogens is 1. The van der Waals surface area contributed by atoms with E-state index in [1.54, 1.807) is 74.5 Å². The molecule has 2 aromatic heterocycles. The Morgan fingerprint density at radius 1 is 0.872 bits per heavy atom. The van der Waals surface area contributed by atoms with E-state index in [9.17, 15) is 43.2 Å². The maximum Gasteiger partial charge on any atom is 0.415 e. The number of aryl methyl sites for hydroxylation is 1. The van der Waals surface area contributed by atoms with Gasteiger partial charge in [-0.2, -0.15) is 0 Å². The lowest BCUT2D eigenvalue weighted by molar-refractivity contribution is -0.137. The lowest BCUT2D eigenvalue weighted by Gasteiger charge is -2.24. The van der Waals surface area contributed by atoms with Crippen molar-refractivity contribution < 1.29 is 57.4 Å². The van der Waals surface area contributed by atoms with Crippen molar-refractivity contribution >= 4 is 109 Å². The number of likely N-dealkylation sites (N-methyl/N-ethyl adjacent to an activating group) is 2. The molecule has 24 heteroatoms. The summed E-state index contributed by atoms with van der Waals surface area (Å²) in [6.45, 7) is 10.1. The number of Topliss-reactive ketones (excluding diaryl/α,β-unsaturated/α-hetero) is 1. The van der Waals surface area contributed by atoms with Gasteiger partial charge in [0, 0.05) is 139 Å². The zero-order chi connectivity index (χ0) is 61.6. The Morgan fingerprint density at radius 3 is 2.29 bits per heavy atom. The number of carbonyl (C=O) groups is 9. The molecule has 8 rings (SSSR count). The Labute approximate surface area is 509 Å². The number of primary amides is 1. The summed E-state index contributed by atoms with van der Waals surface area (Å²) in [4.78, 5) is 129. The summed E-state index contributed by atoms with van der Waals surface area (Å²) in [7, 11) is 3.11. The first-order valence-corrected chi connectivity index (χ1v) is 30.6. The molecule has 86 heavy (non-hydrogen) atoms. The minimum atomic E-state index is -0.865. The van der Waals surface area contributed by atoms with E-state index in [1.165, 1.54) is 34.8 Å². The van der Waals surface area contributed by atoms with Crippen LogP contribution in [0.15, 0.2) is 72.8 Å². The van der Waals surface area contributed by atoms with E-state index in [0.29, 0.717) is 61.5 Å². The van der Waals surface area contributed by atoms with Gasteiger partial charge in [0.25, 0.3) is 17.7 Å². The van der Waals surface area contributed by atoms with E-state index >= 15 is 0 Å². The van der Waals surface area contributed by atoms with Crippen molar-refractivity contribution in [2.24, 2.45) is 17.6 Å². The van der Waals surface area contributed by atoms with E-state index in [2.05, 4.69) is 25.8 Å². The number of hydrogen-bond donors (Lipinski definition) is 5. The smallest absolute Gasteiger partial charge is 0.415 e. The van der Waals surface area contributed by atoms with Crippen molar-refractivity contribution in [3.05, 3.63) is 94.5 Å². The minimum Gasteiger partial charge on any atom is -0.492 e. The normalized spacial score (nSPS) is 15.5. The molecular weight excluding hydrogens is 1140 g/mol. The summed E-state index contributed by atoms with van der Waals surface area (Å²) >= 11 is 8.14. The first-order valence-electron chi connectivity index (χ1n) is 29.3. The molecule has 1 fully saturated rings. The molecule has 0 unspecified atom stereocenters. The Balaban J connectivity index is 0.811. The number of anilines is 2. The molecule has 22 nitrogen and oxygen atoms in total. The number of benzene rings is 3. The van der Waals surface area contributed by atoms with E-state index in [1.807, 2.05) is 37.3 Å². The second-order valence-corrected chi connectivity index (χ2v) is 24.1. The Kier molecular flexibility index (Phi) is 22.2. The van der Waals surface area contributed by atoms with Crippen LogP contribution in [-0.2, 0) is 35.3 Å². The number of likely N-dealkylation sites (tertiary alicyclic amines) is 1. The molecule has 460 valence electrons. The van der Waals surface area contributed by atoms with Crippen LogP contribution in [0.1, 0.15) is 104 Å². The van der Waals surface area contributed by atoms with Gasteiger partial charge in [0.05, 0.1) is 11.7 Å². The number of hydrogen-bond acceptors (Lipinski definition) is 14. The first-order chi connectivity index (χ1) is 41.3. The molecule has 6 N–H and O–H groups in total. The highest BCUT2D eigenvalue weighted by Crippen LogP contribution is 2.49. The second kappa shape index (κ2) is 29.9. The van der Waals surface area contributed by atoms with Gasteiger partial charge >= 0.3 is 18.2 Å². The van der Waals surface area contributed by atoms with Crippen LogP contribution in [0.5, 0.6) is 11.5 Å². The lowest BCUT2D eigenvalue weighted by atomic mass is 9.89. The number of unbranched alkanes of at least 4 members (excludes halogenated alkanes) is 2. The quantitative estimate of drug-likeness (QED) is 0.0171. The fourth-order valence-electron chi connectivity index (χ4n) is 10.8. The van der Waals surface area contributed by atoms with Gasteiger partial charge in [0.15, 0.2) is 5.78 Å². The fraction of sp³-hybridized carbons (Fsp3) is 0.468. The van der Waals surface area contributed by atoms with Crippen molar-refractivity contribution in [1.82, 2.24) is 35.2 Å². The maximum absolute atomic E-state index is 14.4. The van der Waals surface area contributed by atoms with Gasteiger partial charge in [0.2, 0.25) is 11.8 Å². The van der Waals surface area contributed by atoms with Crippen molar-refractivity contribution in [2.45, 2.75) is 97.1 Å². The lowest BCUT2D eigenvalue weighted by Crippen LogP contribution is -2.45. The number of rotatable bonds is 29. The number of ether oxygens (including phenoxy) is 3. The van der Waals surface area contributed by atoms with E-state index in [0.717, 1.165) is 61.7 Å². The van der Waals surface area contributed by atoms with Crippen molar-refractivity contribution in [2.75, 3.05) is 89.2 Å². The number of aromatic nitrogens is 1. The number of halogens is 1. The summed E-state index contributed by atoms with van der Waals surface area (Å²) < 4.78 is 18.6. The average Bonchev–Trinajstić information content (AvgIpc) is 1.69. The van der Waals surface area contributed by atoms with Crippen molar-refractivity contribution in [3.63, 3.8) is 0 Å². The molecule has 3 atom stereocenters. The number of amides is 9. The fourth-order valence-corrected chi connectivity index (χ4v) is 12.2. The van der Waals surface area contributed by atoms with E-state index < -0.39 is 36.1 Å².